The van der Waals surface area contributed by atoms with E-state index in [1.807, 2.05) is 0 Å². The maximum Gasteiger partial charge on any atom is 0.324 e. The van der Waals surface area contributed by atoms with Crippen LogP contribution in [0.5, 0.6) is 0 Å². The Morgan fingerprint density at radius 1 is 0.833 bits per heavy atom. The van der Waals surface area contributed by atoms with Gasteiger partial charge in [0.1, 0.15) is 0 Å². The van der Waals surface area contributed by atoms with Crippen molar-refractivity contribution in [2.24, 2.45) is 0 Å². The van der Waals surface area contributed by atoms with Crippen LogP contribution in [0.4, 0.5) is 0 Å². The van der Waals surface area contributed by atoms with E-state index in [0.717, 1.165) is 12.8 Å². The van der Waals surface area contributed by atoms with Crippen LogP contribution in [0, 0.1) is 0 Å². The molecule has 108 valence electrons. The molecule has 1 N–H and O–H groups in total. The summed E-state index contributed by atoms with van der Waals surface area (Å²) in [5, 5.41) is 0. The number of hydrogen-bond acceptors (Lipinski definition) is 3. The Labute approximate surface area is 113 Å². The Bertz CT molecular complexity index is 183. The van der Waals surface area contributed by atoms with Gasteiger partial charge >= 0.3 is 5.97 Å². The molecule has 0 aliphatic carbocycles. The quantitative estimate of drug-likeness (QED) is 0.393. The number of hydroxylamine groups is 1. The molecule has 0 unspecified atom stereocenters. The van der Waals surface area contributed by atoms with Gasteiger partial charge in [-0.1, -0.05) is 71.1 Å². The highest BCUT2D eigenvalue weighted by atomic mass is 16.7. The van der Waals surface area contributed by atoms with Crippen LogP contribution in [0.1, 0.15) is 84.0 Å². The summed E-state index contributed by atoms with van der Waals surface area (Å²) in [5.74, 6) is -0.145. The second kappa shape index (κ2) is 14.5. The van der Waals surface area contributed by atoms with Crippen LogP contribution in [0.15, 0.2) is 0 Å². The molecule has 0 aliphatic heterocycles. The molecule has 0 rings (SSSR count). The Morgan fingerprint density at radius 3 is 1.72 bits per heavy atom. The van der Waals surface area contributed by atoms with Crippen LogP contribution in [-0.4, -0.2) is 13.0 Å². The van der Waals surface area contributed by atoms with E-state index >= 15 is 0 Å². The van der Waals surface area contributed by atoms with Gasteiger partial charge in [0.05, 0.1) is 0 Å². The molecule has 0 fully saturated rings. The number of unbranched alkanes of at least 4 members (excludes halogenated alkanes) is 10. The molecule has 3 nitrogen and oxygen atoms in total. The molecule has 0 radical (unpaired) electrons. The molecule has 0 aromatic rings. The number of nitrogens with one attached hydrogen (secondary N) is 1. The predicted molar refractivity (Wildman–Crippen MR) is 76.2 cm³/mol. The van der Waals surface area contributed by atoms with Crippen LogP contribution in [-0.2, 0) is 9.63 Å². The van der Waals surface area contributed by atoms with E-state index in [0.29, 0.717) is 6.42 Å². The number of carbonyl (C=O) groups excluding carboxylic acids is 1. The molecular formula is C15H31NO2. The largest absolute Gasteiger partial charge is 0.371 e. The van der Waals surface area contributed by atoms with Crippen LogP contribution in [0.25, 0.3) is 0 Å². The predicted octanol–water partition coefficient (Wildman–Crippen LogP) is 4.37. The lowest BCUT2D eigenvalue weighted by molar-refractivity contribution is -0.150. The maximum atomic E-state index is 11.0. The van der Waals surface area contributed by atoms with Gasteiger partial charge in [-0.25, -0.2) is 0 Å². The van der Waals surface area contributed by atoms with Gasteiger partial charge in [-0.05, 0) is 6.42 Å². The van der Waals surface area contributed by atoms with E-state index in [-0.39, 0.29) is 5.97 Å². The number of hydrogen-bond donors (Lipinski definition) is 1. The summed E-state index contributed by atoms with van der Waals surface area (Å²) in [4.78, 5) is 15.7. The summed E-state index contributed by atoms with van der Waals surface area (Å²) in [6, 6.07) is 0. The van der Waals surface area contributed by atoms with Gasteiger partial charge in [-0.15, -0.1) is 0 Å². The zero-order valence-electron chi connectivity index (χ0n) is 12.3. The van der Waals surface area contributed by atoms with Gasteiger partial charge in [0.15, 0.2) is 0 Å². The molecule has 0 bridgehead atoms. The van der Waals surface area contributed by atoms with Crippen LogP contribution in [0.2, 0.25) is 0 Å². The fourth-order valence-corrected chi connectivity index (χ4v) is 2.10. The van der Waals surface area contributed by atoms with Gasteiger partial charge in [0.2, 0.25) is 0 Å². The molecule has 3 heteroatoms. The zero-order chi connectivity index (χ0) is 13.5. The molecule has 0 aromatic heterocycles. The van der Waals surface area contributed by atoms with Gasteiger partial charge in [0.25, 0.3) is 0 Å². The maximum absolute atomic E-state index is 11.0. The van der Waals surface area contributed by atoms with Gasteiger partial charge in [-0.2, -0.15) is 5.48 Å². The highest BCUT2D eigenvalue weighted by Gasteiger charge is 2.00. The fourth-order valence-electron chi connectivity index (χ4n) is 2.10. The molecule has 0 aromatic carbocycles. The molecule has 0 saturated heterocycles. The van der Waals surface area contributed by atoms with E-state index in [1.54, 1.807) is 7.05 Å². The monoisotopic (exact) mass is 257 g/mol. The lowest BCUT2D eigenvalue weighted by atomic mass is 10.1. The average molecular weight is 257 g/mol. The number of carbonyl (C=O) groups is 1. The average Bonchev–Trinajstić information content (AvgIpc) is 2.36. The second-order valence-electron chi connectivity index (χ2n) is 4.96. The highest BCUT2D eigenvalue weighted by molar-refractivity contribution is 5.68. The lowest BCUT2D eigenvalue weighted by Crippen LogP contribution is -2.14. The van der Waals surface area contributed by atoms with Crippen molar-refractivity contribution < 1.29 is 9.63 Å². The summed E-state index contributed by atoms with van der Waals surface area (Å²) in [6.45, 7) is 2.26. The minimum Gasteiger partial charge on any atom is -0.371 e. The third-order valence-electron chi connectivity index (χ3n) is 3.20. The van der Waals surface area contributed by atoms with Gasteiger partial charge in [0, 0.05) is 13.5 Å². The summed E-state index contributed by atoms with van der Waals surface area (Å²) in [6.07, 6.45) is 14.9. The minimum atomic E-state index is -0.145. The number of rotatable bonds is 13. The first kappa shape index (κ1) is 17.4. The van der Waals surface area contributed by atoms with E-state index < -0.39 is 0 Å². The molecule has 0 aliphatic rings. The van der Waals surface area contributed by atoms with Crippen LogP contribution in [0.3, 0.4) is 0 Å². The summed E-state index contributed by atoms with van der Waals surface area (Å²) in [5.41, 5.74) is 2.41. The summed E-state index contributed by atoms with van der Waals surface area (Å²) in [7, 11) is 1.61. The van der Waals surface area contributed by atoms with E-state index in [2.05, 4.69) is 17.2 Å². The Morgan fingerprint density at radius 2 is 1.28 bits per heavy atom. The normalized spacial score (nSPS) is 10.6. The first-order valence-corrected chi connectivity index (χ1v) is 7.67. The molecule has 0 spiro atoms. The summed E-state index contributed by atoms with van der Waals surface area (Å²) < 4.78 is 0. The van der Waals surface area contributed by atoms with Crippen molar-refractivity contribution in [2.75, 3.05) is 7.05 Å². The SMILES string of the molecule is CCCCCCCCCCCCCC(=O)ONC. The van der Waals surface area contributed by atoms with Crippen molar-refractivity contribution in [3.63, 3.8) is 0 Å². The third kappa shape index (κ3) is 13.5. The van der Waals surface area contributed by atoms with Gasteiger partial charge in [-0.3, -0.25) is 4.79 Å². The molecule has 0 saturated carbocycles. The first-order chi connectivity index (χ1) is 8.81. The Hall–Kier alpha value is -0.570. The van der Waals surface area contributed by atoms with Crippen molar-refractivity contribution in [3.8, 4) is 0 Å². The Kier molecular flexibility index (Phi) is 14.0. The molecule has 18 heavy (non-hydrogen) atoms. The molecular weight excluding hydrogens is 226 g/mol. The van der Waals surface area contributed by atoms with Crippen molar-refractivity contribution in [1.29, 1.82) is 0 Å². The van der Waals surface area contributed by atoms with Crippen molar-refractivity contribution in [3.05, 3.63) is 0 Å². The minimum absolute atomic E-state index is 0.145. The van der Waals surface area contributed by atoms with E-state index in [4.69, 9.17) is 0 Å². The Balaban J connectivity index is 3.01. The van der Waals surface area contributed by atoms with E-state index in [9.17, 15) is 4.79 Å². The smallest absolute Gasteiger partial charge is 0.324 e. The lowest BCUT2D eigenvalue weighted by Gasteiger charge is -2.03. The molecule has 0 amide bonds. The van der Waals surface area contributed by atoms with Crippen LogP contribution >= 0.6 is 0 Å². The second-order valence-corrected chi connectivity index (χ2v) is 4.96. The van der Waals surface area contributed by atoms with Gasteiger partial charge < -0.3 is 4.84 Å². The first-order valence-electron chi connectivity index (χ1n) is 7.67. The van der Waals surface area contributed by atoms with Crippen LogP contribution < -0.4 is 5.48 Å². The fraction of sp³-hybridized carbons (Fsp3) is 0.933. The van der Waals surface area contributed by atoms with Crippen molar-refractivity contribution >= 4 is 5.97 Å². The molecule has 0 atom stereocenters. The molecule has 0 heterocycles. The zero-order valence-corrected chi connectivity index (χ0v) is 12.3. The third-order valence-corrected chi connectivity index (χ3v) is 3.20. The highest BCUT2D eigenvalue weighted by Crippen LogP contribution is 2.11. The van der Waals surface area contributed by atoms with E-state index in [1.165, 1.54) is 57.8 Å². The standard InChI is InChI=1S/C15H31NO2/c1-3-4-5-6-7-8-9-10-11-12-13-14-15(17)18-16-2/h16H,3-14H2,1-2H3. The van der Waals surface area contributed by atoms with Crippen molar-refractivity contribution in [1.82, 2.24) is 5.48 Å². The summed E-state index contributed by atoms with van der Waals surface area (Å²) >= 11 is 0. The van der Waals surface area contributed by atoms with Crippen molar-refractivity contribution in [2.45, 2.75) is 84.0 Å². The topological polar surface area (TPSA) is 38.3 Å².